The van der Waals surface area contributed by atoms with Gasteiger partial charge >= 0.3 is 13.1 Å². The number of carboxylic acid groups (broad SMARTS) is 1. The minimum atomic E-state index is -1.31. The van der Waals surface area contributed by atoms with Gasteiger partial charge < -0.3 is 24.3 Å². The first-order valence-corrected chi connectivity index (χ1v) is 5.80. The highest BCUT2D eigenvalue weighted by atomic mass is 16.5. The highest BCUT2D eigenvalue weighted by molar-refractivity contribution is 6.55. The van der Waals surface area contributed by atoms with Crippen LogP contribution in [0.3, 0.4) is 0 Å². The average molecular weight is 262 g/mol. The SMILES string of the molecule is COc1ccc2c(c1C(=O)O)OB(O)C1(C=O)CC21. The molecule has 1 saturated carbocycles. The Hall–Kier alpha value is -2.02. The number of carbonyl (C=O) groups is 2. The second kappa shape index (κ2) is 3.74. The van der Waals surface area contributed by atoms with Gasteiger partial charge in [0.2, 0.25) is 0 Å². The molecule has 0 amide bonds. The number of hydrogen-bond acceptors (Lipinski definition) is 5. The maximum Gasteiger partial charge on any atom is 0.537 e. The monoisotopic (exact) mass is 262 g/mol. The predicted molar refractivity (Wildman–Crippen MR) is 64.7 cm³/mol. The summed E-state index contributed by atoms with van der Waals surface area (Å²) in [5.74, 6) is -1.12. The predicted octanol–water partition coefficient (Wildman–Crippen LogP) is 0.693. The van der Waals surface area contributed by atoms with Gasteiger partial charge in [0.15, 0.2) is 0 Å². The molecule has 0 spiro atoms. The summed E-state index contributed by atoms with van der Waals surface area (Å²) in [5.41, 5.74) is 0.515. The molecule has 1 heterocycles. The van der Waals surface area contributed by atoms with Crippen LogP contribution in [0.15, 0.2) is 12.1 Å². The van der Waals surface area contributed by atoms with E-state index in [0.717, 1.165) is 0 Å². The first-order chi connectivity index (χ1) is 9.05. The van der Waals surface area contributed by atoms with E-state index in [0.29, 0.717) is 18.3 Å². The standard InChI is InChI=1S/C12H11BO6/c1-18-8-3-2-6-7-4-12(7,5-14)13(17)19-10(6)9(8)11(15)16/h2-3,5,7,17H,4H2,1H3,(H,15,16). The molecule has 0 saturated heterocycles. The van der Waals surface area contributed by atoms with E-state index < -0.39 is 18.4 Å². The Morgan fingerprint density at radius 2 is 2.37 bits per heavy atom. The van der Waals surface area contributed by atoms with E-state index in [4.69, 9.17) is 9.39 Å². The van der Waals surface area contributed by atoms with Crippen molar-refractivity contribution >= 4 is 19.4 Å². The van der Waals surface area contributed by atoms with Gasteiger partial charge in [0.05, 0.1) is 12.4 Å². The lowest BCUT2D eigenvalue weighted by molar-refractivity contribution is -0.108. The molecule has 98 valence electrons. The summed E-state index contributed by atoms with van der Waals surface area (Å²) in [6.45, 7) is 0. The van der Waals surface area contributed by atoms with Crippen molar-refractivity contribution in [2.24, 2.45) is 0 Å². The van der Waals surface area contributed by atoms with E-state index in [9.17, 15) is 19.7 Å². The Kier molecular flexibility index (Phi) is 2.37. The third-order valence-corrected chi connectivity index (χ3v) is 3.91. The summed E-state index contributed by atoms with van der Waals surface area (Å²) < 4.78 is 10.3. The number of methoxy groups -OCH3 is 1. The summed E-state index contributed by atoms with van der Waals surface area (Å²) in [6, 6.07) is 3.22. The van der Waals surface area contributed by atoms with Crippen LogP contribution in [0.2, 0.25) is 5.31 Å². The third kappa shape index (κ3) is 1.42. The molecule has 1 aromatic carbocycles. The van der Waals surface area contributed by atoms with Gasteiger partial charge in [0, 0.05) is 5.92 Å². The van der Waals surface area contributed by atoms with Crippen LogP contribution >= 0.6 is 0 Å². The van der Waals surface area contributed by atoms with Gasteiger partial charge in [-0.15, -0.1) is 0 Å². The summed E-state index contributed by atoms with van der Waals surface area (Å²) in [4.78, 5) is 22.4. The van der Waals surface area contributed by atoms with Gasteiger partial charge in [-0.25, -0.2) is 4.79 Å². The lowest BCUT2D eigenvalue weighted by atomic mass is 9.65. The third-order valence-electron chi connectivity index (χ3n) is 3.91. The molecule has 1 aliphatic carbocycles. The number of hydrogen-bond donors (Lipinski definition) is 2. The van der Waals surface area contributed by atoms with E-state index in [-0.39, 0.29) is 23.0 Å². The van der Waals surface area contributed by atoms with Crippen molar-refractivity contribution in [2.45, 2.75) is 17.7 Å². The maximum atomic E-state index is 11.3. The Morgan fingerprint density at radius 1 is 1.63 bits per heavy atom. The van der Waals surface area contributed by atoms with Crippen molar-refractivity contribution in [3.63, 3.8) is 0 Å². The van der Waals surface area contributed by atoms with E-state index in [1.165, 1.54) is 13.2 Å². The number of aromatic carboxylic acids is 1. The largest absolute Gasteiger partial charge is 0.537 e. The molecular formula is C12H11BO6. The summed E-state index contributed by atoms with van der Waals surface area (Å²) in [6.07, 6.45) is 1.16. The minimum Gasteiger partial charge on any atom is -0.535 e. The first kappa shape index (κ1) is 12.0. The van der Waals surface area contributed by atoms with Crippen LogP contribution in [0.25, 0.3) is 0 Å². The molecule has 1 aromatic rings. The Bertz CT molecular complexity index is 586. The zero-order chi connectivity index (χ0) is 13.8. The van der Waals surface area contributed by atoms with E-state index in [1.807, 2.05) is 0 Å². The molecule has 1 fully saturated rings. The number of carboxylic acids is 1. The van der Waals surface area contributed by atoms with Crippen LogP contribution in [0.4, 0.5) is 0 Å². The van der Waals surface area contributed by atoms with E-state index in [2.05, 4.69) is 0 Å². The summed E-state index contributed by atoms with van der Waals surface area (Å²) in [7, 11) is 0.0491. The average Bonchev–Trinajstić information content (AvgIpc) is 3.14. The minimum absolute atomic E-state index is 0.0966. The quantitative estimate of drug-likeness (QED) is 0.615. The van der Waals surface area contributed by atoms with Crippen molar-refractivity contribution in [2.75, 3.05) is 7.11 Å². The number of aldehydes is 1. The molecule has 19 heavy (non-hydrogen) atoms. The number of carbonyl (C=O) groups excluding carboxylic acids is 1. The number of rotatable bonds is 3. The van der Waals surface area contributed by atoms with Crippen LogP contribution in [0, 0.1) is 0 Å². The zero-order valence-corrected chi connectivity index (χ0v) is 10.1. The van der Waals surface area contributed by atoms with Crippen molar-refractivity contribution < 1.29 is 29.1 Å². The molecular weight excluding hydrogens is 251 g/mol. The number of ether oxygens (including phenoxy) is 1. The van der Waals surface area contributed by atoms with Gasteiger partial charge in [0.25, 0.3) is 0 Å². The molecule has 2 unspecified atom stereocenters. The van der Waals surface area contributed by atoms with Gasteiger partial charge in [-0.2, -0.15) is 0 Å². The van der Waals surface area contributed by atoms with Crippen LogP contribution in [-0.2, 0) is 4.79 Å². The van der Waals surface area contributed by atoms with E-state index >= 15 is 0 Å². The second-order valence-electron chi connectivity index (χ2n) is 4.82. The maximum absolute atomic E-state index is 11.3. The highest BCUT2D eigenvalue weighted by Crippen LogP contribution is 2.70. The van der Waals surface area contributed by atoms with Crippen LogP contribution in [0.5, 0.6) is 11.5 Å². The fraction of sp³-hybridized carbons (Fsp3) is 0.333. The molecule has 3 rings (SSSR count). The van der Waals surface area contributed by atoms with Crippen molar-refractivity contribution in [3.05, 3.63) is 23.3 Å². The van der Waals surface area contributed by atoms with Gasteiger partial charge in [0.1, 0.15) is 23.3 Å². The molecule has 2 atom stereocenters. The molecule has 1 aliphatic heterocycles. The highest BCUT2D eigenvalue weighted by Gasteiger charge is 2.68. The molecule has 7 heteroatoms. The van der Waals surface area contributed by atoms with Gasteiger partial charge in [-0.1, -0.05) is 6.07 Å². The number of benzene rings is 1. The molecule has 0 aromatic heterocycles. The Labute approximate surface area is 109 Å². The van der Waals surface area contributed by atoms with Crippen LogP contribution in [0.1, 0.15) is 28.3 Å². The van der Waals surface area contributed by atoms with Crippen LogP contribution < -0.4 is 9.39 Å². The fourth-order valence-electron chi connectivity index (χ4n) is 2.73. The Balaban J connectivity index is 2.18. The van der Waals surface area contributed by atoms with Crippen molar-refractivity contribution in [3.8, 4) is 11.5 Å². The van der Waals surface area contributed by atoms with Crippen LogP contribution in [-0.4, -0.2) is 36.6 Å². The van der Waals surface area contributed by atoms with Gasteiger partial charge in [-0.05, 0) is 18.1 Å². The topological polar surface area (TPSA) is 93.1 Å². The Morgan fingerprint density at radius 3 is 2.95 bits per heavy atom. The molecule has 0 bridgehead atoms. The smallest absolute Gasteiger partial charge is 0.535 e. The van der Waals surface area contributed by atoms with Gasteiger partial charge in [-0.3, -0.25) is 0 Å². The second-order valence-corrected chi connectivity index (χ2v) is 4.82. The first-order valence-electron chi connectivity index (χ1n) is 5.80. The molecule has 6 nitrogen and oxygen atoms in total. The fourth-order valence-corrected chi connectivity index (χ4v) is 2.73. The normalized spacial score (nSPS) is 26.8. The van der Waals surface area contributed by atoms with E-state index in [1.54, 1.807) is 6.07 Å². The zero-order valence-electron chi connectivity index (χ0n) is 10.1. The molecule has 2 aliphatic rings. The lowest BCUT2D eigenvalue weighted by Crippen LogP contribution is -2.35. The summed E-state index contributed by atoms with van der Waals surface area (Å²) in [5, 5.41) is 18.2. The molecule has 2 N–H and O–H groups in total. The molecule has 0 radical (unpaired) electrons. The lowest BCUT2D eigenvalue weighted by Gasteiger charge is -2.25. The summed E-state index contributed by atoms with van der Waals surface area (Å²) >= 11 is 0. The van der Waals surface area contributed by atoms with Crippen molar-refractivity contribution in [1.29, 1.82) is 0 Å². The number of fused-ring (bicyclic) bond motifs is 3. The van der Waals surface area contributed by atoms with Crippen molar-refractivity contribution in [1.82, 2.24) is 0 Å².